The summed E-state index contributed by atoms with van der Waals surface area (Å²) in [7, 11) is -2.04. The van der Waals surface area contributed by atoms with Gasteiger partial charge in [-0.15, -0.1) is 0 Å². The van der Waals surface area contributed by atoms with Crippen molar-refractivity contribution in [1.29, 1.82) is 0 Å². The van der Waals surface area contributed by atoms with Gasteiger partial charge in [-0.05, 0) is 53.6 Å². The number of unbranched alkanes of at least 4 members (excludes halogenated alkanes) is 1. The zero-order chi connectivity index (χ0) is 26.3. The van der Waals surface area contributed by atoms with Crippen LogP contribution >= 0.6 is 0 Å². The Kier molecular flexibility index (Phi) is 6.13. The Balaban J connectivity index is 1.39. The Morgan fingerprint density at radius 1 is 0.921 bits per heavy atom. The van der Waals surface area contributed by atoms with E-state index in [1.165, 1.54) is 0 Å². The van der Waals surface area contributed by atoms with E-state index in [0.29, 0.717) is 31.2 Å². The van der Waals surface area contributed by atoms with Gasteiger partial charge in [0.1, 0.15) is 13.1 Å². The maximum absolute atomic E-state index is 11.2. The lowest BCUT2D eigenvalue weighted by Gasteiger charge is -2.18. The van der Waals surface area contributed by atoms with Gasteiger partial charge in [-0.3, -0.25) is 4.55 Å². The molecule has 7 nitrogen and oxygen atoms in total. The number of nitrogens with zero attached hydrogens (tertiary/aromatic N) is 2. The van der Waals surface area contributed by atoms with Crippen molar-refractivity contribution >= 4 is 43.8 Å². The molecule has 5 aromatic rings. The Hall–Kier alpha value is -4.14. The molecule has 0 fully saturated rings. The minimum Gasteiger partial charge on any atom is -0.438 e. The number of fused-ring (bicyclic) bond motifs is 4. The number of anilines is 1. The zero-order valence-electron chi connectivity index (χ0n) is 20.9. The van der Waals surface area contributed by atoms with Gasteiger partial charge in [0.25, 0.3) is 15.6 Å². The van der Waals surface area contributed by atoms with Gasteiger partial charge in [0.2, 0.25) is 11.5 Å². The van der Waals surface area contributed by atoms with Crippen LogP contribution in [-0.2, 0) is 17.2 Å². The number of aromatic nitrogens is 1. The fourth-order valence-electron chi connectivity index (χ4n) is 4.99. The minimum atomic E-state index is -4.01. The van der Waals surface area contributed by atoms with Gasteiger partial charge in [-0.25, -0.2) is 0 Å². The molecule has 6 rings (SSSR count). The second-order valence-corrected chi connectivity index (χ2v) is 11.0. The van der Waals surface area contributed by atoms with Crippen molar-refractivity contribution in [3.05, 3.63) is 96.7 Å². The van der Waals surface area contributed by atoms with Gasteiger partial charge in [-0.1, -0.05) is 60.7 Å². The molecule has 0 unspecified atom stereocenters. The maximum Gasteiger partial charge on any atom is 0.379 e. The Bertz CT molecular complexity index is 1790. The molecule has 0 aliphatic carbocycles. The molecule has 1 aromatic heterocycles. The molecule has 2 heterocycles. The molecular weight excluding hydrogens is 500 g/mol. The summed E-state index contributed by atoms with van der Waals surface area (Å²) in [6.07, 6.45) is 2.76. The van der Waals surface area contributed by atoms with Gasteiger partial charge < -0.3 is 14.1 Å². The lowest BCUT2D eigenvalue weighted by atomic mass is 10.0. The highest BCUT2D eigenvalue weighted by molar-refractivity contribution is 7.85. The molecule has 38 heavy (non-hydrogen) atoms. The fourth-order valence-corrected chi connectivity index (χ4v) is 5.56. The summed E-state index contributed by atoms with van der Waals surface area (Å²) < 4.78 is 46.2. The number of rotatable bonds is 7. The number of aryl methyl sites for hydroxylation is 1. The van der Waals surface area contributed by atoms with E-state index in [9.17, 15) is 8.42 Å². The second kappa shape index (κ2) is 9.63. The van der Waals surface area contributed by atoms with Crippen molar-refractivity contribution in [1.82, 2.24) is 0 Å². The molecule has 0 bridgehead atoms. The average Bonchev–Trinajstić information content (AvgIpc) is 3.43. The third-order valence-corrected chi connectivity index (χ3v) is 7.67. The highest BCUT2D eigenvalue weighted by atomic mass is 32.2. The van der Waals surface area contributed by atoms with Crippen LogP contribution in [0.3, 0.4) is 0 Å². The number of hydrogen-bond donors (Lipinski definition) is 1. The van der Waals surface area contributed by atoms with E-state index in [1.807, 2.05) is 77.2 Å². The van der Waals surface area contributed by atoms with E-state index in [2.05, 4.69) is 30.3 Å². The molecule has 1 aliphatic rings. The predicted molar refractivity (Wildman–Crippen MR) is 148 cm³/mol. The SMILES string of the molecule is C[n+]1c(C=C2Oc3ccc(-c4ccccc4)cc3N2CCCCS(=O)(=O)O)oc2ccc3ccccc3c21. The van der Waals surface area contributed by atoms with Crippen LogP contribution in [0.25, 0.3) is 39.1 Å². The maximum atomic E-state index is 11.2. The predicted octanol–water partition coefficient (Wildman–Crippen LogP) is 5.94. The van der Waals surface area contributed by atoms with E-state index in [0.717, 1.165) is 44.4 Å². The van der Waals surface area contributed by atoms with Crippen LogP contribution in [0.1, 0.15) is 18.7 Å². The van der Waals surface area contributed by atoms with Gasteiger partial charge >= 0.3 is 5.89 Å². The monoisotopic (exact) mass is 527 g/mol. The van der Waals surface area contributed by atoms with Crippen molar-refractivity contribution in [3.8, 4) is 16.9 Å². The van der Waals surface area contributed by atoms with Crippen molar-refractivity contribution in [2.75, 3.05) is 17.2 Å². The third-order valence-electron chi connectivity index (χ3n) is 6.86. The molecule has 0 saturated carbocycles. The molecule has 1 aliphatic heterocycles. The van der Waals surface area contributed by atoms with E-state index in [1.54, 1.807) is 0 Å². The van der Waals surface area contributed by atoms with Crippen molar-refractivity contribution < 1.29 is 26.7 Å². The Labute approximate surface area is 220 Å². The van der Waals surface area contributed by atoms with Gasteiger partial charge in [0.15, 0.2) is 5.75 Å². The average molecular weight is 528 g/mol. The van der Waals surface area contributed by atoms with Crippen molar-refractivity contribution in [2.24, 2.45) is 7.05 Å². The molecule has 192 valence electrons. The molecule has 0 radical (unpaired) electrons. The quantitative estimate of drug-likeness (QED) is 0.160. The van der Waals surface area contributed by atoms with Crippen LogP contribution in [0.2, 0.25) is 0 Å². The Morgan fingerprint density at radius 2 is 1.71 bits per heavy atom. The van der Waals surface area contributed by atoms with Crippen molar-refractivity contribution in [2.45, 2.75) is 12.8 Å². The van der Waals surface area contributed by atoms with E-state index in [-0.39, 0.29) is 5.75 Å². The summed E-state index contributed by atoms with van der Waals surface area (Å²) >= 11 is 0. The molecule has 8 heteroatoms. The fraction of sp³-hybridized carbons (Fsp3) is 0.167. The molecular formula is C30H27N2O5S+. The summed E-state index contributed by atoms with van der Waals surface area (Å²) in [6, 6.07) is 28.4. The van der Waals surface area contributed by atoms with E-state index < -0.39 is 10.1 Å². The van der Waals surface area contributed by atoms with E-state index in [4.69, 9.17) is 13.7 Å². The second-order valence-electron chi connectivity index (χ2n) is 9.41. The normalized spacial score (nSPS) is 14.4. The molecule has 0 spiro atoms. The smallest absolute Gasteiger partial charge is 0.379 e. The number of oxazole rings is 1. The molecule has 1 N–H and O–H groups in total. The van der Waals surface area contributed by atoms with Gasteiger partial charge in [0, 0.05) is 6.54 Å². The zero-order valence-corrected chi connectivity index (χ0v) is 21.7. The summed E-state index contributed by atoms with van der Waals surface area (Å²) in [5.74, 6) is 1.67. The molecule has 0 atom stereocenters. The first-order valence-electron chi connectivity index (χ1n) is 12.5. The first-order valence-corrected chi connectivity index (χ1v) is 14.1. The van der Waals surface area contributed by atoms with Crippen LogP contribution in [0.15, 0.2) is 95.2 Å². The Morgan fingerprint density at radius 3 is 2.53 bits per heavy atom. The number of benzene rings is 4. The van der Waals surface area contributed by atoms with Crippen LogP contribution in [-0.4, -0.2) is 25.3 Å². The number of ether oxygens (including phenoxy) is 1. The minimum absolute atomic E-state index is 0.275. The van der Waals surface area contributed by atoms with Crippen LogP contribution < -0.4 is 14.2 Å². The summed E-state index contributed by atoms with van der Waals surface area (Å²) in [5.41, 5.74) is 4.82. The molecule has 4 aromatic carbocycles. The summed E-state index contributed by atoms with van der Waals surface area (Å²) in [4.78, 5) is 2.04. The largest absolute Gasteiger partial charge is 0.438 e. The molecule has 0 saturated heterocycles. The highest BCUT2D eigenvalue weighted by Gasteiger charge is 2.30. The standard InChI is InChI=1S/C30H26N2O5S/c1-31-28(37-27-16-13-22-11-5-6-12-24(22)30(27)31)20-29-32(17-7-8-18-38(33,34)35)25-19-23(14-15-26(25)36-29)21-9-3-2-4-10-21/h2-6,9-16,19-20H,7-8,17-18H2,1H3/p+1. The summed E-state index contributed by atoms with van der Waals surface area (Å²) in [6.45, 7) is 0.513. The van der Waals surface area contributed by atoms with Crippen LogP contribution in [0, 0.1) is 0 Å². The molecule has 0 amide bonds. The van der Waals surface area contributed by atoms with Crippen LogP contribution in [0.5, 0.6) is 5.75 Å². The highest BCUT2D eigenvalue weighted by Crippen LogP contribution is 2.42. The topological polar surface area (TPSA) is 83.9 Å². The summed E-state index contributed by atoms with van der Waals surface area (Å²) in [5, 5.41) is 2.24. The lowest BCUT2D eigenvalue weighted by molar-refractivity contribution is -0.651. The lowest BCUT2D eigenvalue weighted by Crippen LogP contribution is -2.30. The van der Waals surface area contributed by atoms with Crippen LogP contribution in [0.4, 0.5) is 5.69 Å². The van der Waals surface area contributed by atoms with E-state index >= 15 is 0 Å². The third kappa shape index (κ3) is 4.64. The van der Waals surface area contributed by atoms with Crippen molar-refractivity contribution in [3.63, 3.8) is 0 Å². The van der Waals surface area contributed by atoms with Gasteiger partial charge in [0.05, 0.1) is 16.8 Å². The first kappa shape index (κ1) is 24.2. The van der Waals surface area contributed by atoms with Gasteiger partial charge in [-0.2, -0.15) is 13.0 Å². The number of hydrogen-bond acceptors (Lipinski definition) is 5. The first-order chi connectivity index (χ1) is 18.4.